The van der Waals surface area contributed by atoms with Crippen molar-refractivity contribution < 1.29 is 0 Å². The van der Waals surface area contributed by atoms with Crippen LogP contribution in [-0.4, -0.2) is 24.1 Å². The molecule has 2 heterocycles. The van der Waals surface area contributed by atoms with Gasteiger partial charge >= 0.3 is 0 Å². The van der Waals surface area contributed by atoms with Crippen LogP contribution in [0.25, 0.3) is 0 Å². The van der Waals surface area contributed by atoms with Crippen molar-refractivity contribution >= 4 is 11.8 Å². The highest BCUT2D eigenvalue weighted by Gasteiger charge is 2.20. The fourth-order valence-corrected chi connectivity index (χ4v) is 3.53. The molecule has 0 aliphatic carbocycles. The SMILES string of the molecule is C1CSCC(CC2CCCN2)C1. The van der Waals surface area contributed by atoms with Gasteiger partial charge in [-0.3, -0.25) is 0 Å². The van der Waals surface area contributed by atoms with E-state index in [4.69, 9.17) is 0 Å². The molecule has 0 aromatic carbocycles. The summed E-state index contributed by atoms with van der Waals surface area (Å²) < 4.78 is 0. The average Bonchev–Trinajstić information content (AvgIpc) is 2.59. The van der Waals surface area contributed by atoms with Crippen LogP contribution in [0.2, 0.25) is 0 Å². The molecule has 0 amide bonds. The van der Waals surface area contributed by atoms with E-state index in [1.807, 2.05) is 0 Å². The van der Waals surface area contributed by atoms with E-state index in [0.29, 0.717) is 0 Å². The molecule has 0 aromatic heterocycles. The molecule has 0 saturated carbocycles. The molecule has 2 aliphatic heterocycles. The Balaban J connectivity index is 1.69. The van der Waals surface area contributed by atoms with E-state index < -0.39 is 0 Å². The van der Waals surface area contributed by atoms with Crippen molar-refractivity contribution in [2.75, 3.05) is 18.1 Å². The Morgan fingerprint density at radius 2 is 2.25 bits per heavy atom. The van der Waals surface area contributed by atoms with Crippen molar-refractivity contribution in [1.82, 2.24) is 5.32 Å². The summed E-state index contributed by atoms with van der Waals surface area (Å²) in [7, 11) is 0. The highest BCUT2D eigenvalue weighted by Crippen LogP contribution is 2.27. The Morgan fingerprint density at radius 1 is 1.25 bits per heavy atom. The largest absolute Gasteiger partial charge is 0.314 e. The van der Waals surface area contributed by atoms with Crippen LogP contribution in [0.4, 0.5) is 0 Å². The average molecular weight is 185 g/mol. The van der Waals surface area contributed by atoms with Gasteiger partial charge in [0.2, 0.25) is 0 Å². The van der Waals surface area contributed by atoms with E-state index in [1.54, 1.807) is 0 Å². The normalized spacial score (nSPS) is 37.0. The Labute approximate surface area is 79.7 Å². The van der Waals surface area contributed by atoms with Crippen LogP contribution < -0.4 is 5.32 Å². The van der Waals surface area contributed by atoms with Gasteiger partial charge in [0, 0.05) is 6.04 Å². The Bertz CT molecular complexity index is 126. The van der Waals surface area contributed by atoms with Crippen molar-refractivity contribution in [3.63, 3.8) is 0 Å². The number of hydrogen-bond donors (Lipinski definition) is 1. The third-order valence-corrected chi connectivity index (χ3v) is 4.32. The Morgan fingerprint density at radius 3 is 2.92 bits per heavy atom. The van der Waals surface area contributed by atoms with E-state index in [-0.39, 0.29) is 0 Å². The van der Waals surface area contributed by atoms with E-state index in [0.717, 1.165) is 12.0 Å². The van der Waals surface area contributed by atoms with E-state index in [1.165, 1.54) is 50.2 Å². The minimum atomic E-state index is 0.869. The van der Waals surface area contributed by atoms with Gasteiger partial charge in [0.05, 0.1) is 0 Å². The Kier molecular flexibility index (Phi) is 3.35. The molecule has 0 bridgehead atoms. The van der Waals surface area contributed by atoms with Crippen LogP contribution in [0.1, 0.15) is 32.1 Å². The summed E-state index contributed by atoms with van der Waals surface area (Å²) in [5.74, 6) is 3.87. The molecule has 0 spiro atoms. The zero-order chi connectivity index (χ0) is 8.23. The van der Waals surface area contributed by atoms with Gasteiger partial charge in [-0.25, -0.2) is 0 Å². The first-order valence-corrected chi connectivity index (χ1v) is 6.42. The van der Waals surface area contributed by atoms with E-state index in [9.17, 15) is 0 Å². The molecule has 2 saturated heterocycles. The molecule has 2 heteroatoms. The second-order valence-electron chi connectivity index (χ2n) is 4.11. The predicted molar refractivity (Wildman–Crippen MR) is 55.7 cm³/mol. The van der Waals surface area contributed by atoms with Crippen molar-refractivity contribution in [3.05, 3.63) is 0 Å². The van der Waals surface area contributed by atoms with Gasteiger partial charge in [0.1, 0.15) is 0 Å². The quantitative estimate of drug-likeness (QED) is 0.708. The van der Waals surface area contributed by atoms with Crippen molar-refractivity contribution in [1.29, 1.82) is 0 Å². The minimum absolute atomic E-state index is 0.869. The van der Waals surface area contributed by atoms with Gasteiger partial charge in [-0.05, 0) is 56.1 Å². The van der Waals surface area contributed by atoms with Gasteiger partial charge in [0.25, 0.3) is 0 Å². The van der Waals surface area contributed by atoms with E-state index in [2.05, 4.69) is 17.1 Å². The van der Waals surface area contributed by atoms with Gasteiger partial charge < -0.3 is 5.32 Å². The van der Waals surface area contributed by atoms with Crippen molar-refractivity contribution in [3.8, 4) is 0 Å². The highest BCUT2D eigenvalue weighted by molar-refractivity contribution is 7.99. The van der Waals surface area contributed by atoms with E-state index >= 15 is 0 Å². The second-order valence-corrected chi connectivity index (χ2v) is 5.26. The molecule has 2 unspecified atom stereocenters. The molecule has 12 heavy (non-hydrogen) atoms. The summed E-state index contributed by atoms with van der Waals surface area (Å²) in [5.41, 5.74) is 0. The minimum Gasteiger partial charge on any atom is -0.314 e. The second kappa shape index (κ2) is 4.52. The molecule has 2 atom stereocenters. The first-order valence-electron chi connectivity index (χ1n) is 5.26. The third-order valence-electron chi connectivity index (χ3n) is 3.03. The number of nitrogens with one attached hydrogen (secondary N) is 1. The lowest BCUT2D eigenvalue weighted by Crippen LogP contribution is -2.26. The van der Waals surface area contributed by atoms with Gasteiger partial charge in [-0.2, -0.15) is 11.8 Å². The molecule has 1 N–H and O–H groups in total. The standard InChI is InChI=1S/C10H19NS/c1-4-10(11-5-1)7-9-3-2-6-12-8-9/h9-11H,1-8H2. The monoisotopic (exact) mass is 185 g/mol. The van der Waals surface area contributed by atoms with Crippen LogP contribution in [0.15, 0.2) is 0 Å². The van der Waals surface area contributed by atoms with Gasteiger partial charge in [-0.1, -0.05) is 0 Å². The zero-order valence-corrected chi connectivity index (χ0v) is 8.54. The summed E-state index contributed by atoms with van der Waals surface area (Å²) in [6, 6.07) is 0.869. The predicted octanol–water partition coefficient (Wildman–Crippen LogP) is 2.27. The van der Waals surface area contributed by atoms with Crippen LogP contribution in [0, 0.1) is 5.92 Å². The summed E-state index contributed by atoms with van der Waals surface area (Å²) in [6.45, 7) is 1.27. The molecule has 0 radical (unpaired) electrons. The summed E-state index contributed by atoms with van der Waals surface area (Å²) in [4.78, 5) is 0. The topological polar surface area (TPSA) is 12.0 Å². The number of rotatable bonds is 2. The summed E-state index contributed by atoms with van der Waals surface area (Å²) in [6.07, 6.45) is 7.24. The number of hydrogen-bond acceptors (Lipinski definition) is 2. The van der Waals surface area contributed by atoms with Crippen LogP contribution in [0.5, 0.6) is 0 Å². The van der Waals surface area contributed by atoms with Crippen LogP contribution >= 0.6 is 11.8 Å². The van der Waals surface area contributed by atoms with Crippen molar-refractivity contribution in [2.24, 2.45) is 5.92 Å². The fraction of sp³-hybridized carbons (Fsp3) is 1.00. The van der Waals surface area contributed by atoms with Gasteiger partial charge in [-0.15, -0.1) is 0 Å². The van der Waals surface area contributed by atoms with Crippen molar-refractivity contribution in [2.45, 2.75) is 38.1 Å². The first kappa shape index (κ1) is 8.89. The maximum atomic E-state index is 3.59. The molecule has 2 fully saturated rings. The summed E-state index contributed by atoms with van der Waals surface area (Å²) in [5, 5.41) is 3.59. The molecule has 0 aromatic rings. The molecular formula is C10H19NS. The highest BCUT2D eigenvalue weighted by atomic mass is 32.2. The maximum Gasteiger partial charge on any atom is 0.00704 e. The molecule has 2 aliphatic rings. The number of thioether (sulfide) groups is 1. The Hall–Kier alpha value is 0.310. The molecule has 1 nitrogen and oxygen atoms in total. The zero-order valence-electron chi connectivity index (χ0n) is 7.72. The molecule has 2 rings (SSSR count). The lowest BCUT2D eigenvalue weighted by molar-refractivity contribution is 0.413. The smallest absolute Gasteiger partial charge is 0.00704 e. The van der Waals surface area contributed by atoms with Crippen LogP contribution in [-0.2, 0) is 0 Å². The third kappa shape index (κ3) is 2.40. The maximum absolute atomic E-state index is 3.59. The summed E-state index contributed by atoms with van der Waals surface area (Å²) >= 11 is 2.16. The fourth-order valence-electron chi connectivity index (χ4n) is 2.35. The van der Waals surface area contributed by atoms with Gasteiger partial charge in [0.15, 0.2) is 0 Å². The lowest BCUT2D eigenvalue weighted by atomic mass is 9.96. The molecular weight excluding hydrogens is 166 g/mol. The molecule has 70 valence electrons. The van der Waals surface area contributed by atoms with Crippen LogP contribution in [0.3, 0.4) is 0 Å². The first-order chi connectivity index (χ1) is 5.95. The lowest BCUT2D eigenvalue weighted by Gasteiger charge is -2.24.